The van der Waals surface area contributed by atoms with E-state index in [1.165, 1.54) is 12.1 Å². The van der Waals surface area contributed by atoms with Crippen LogP contribution in [0.15, 0.2) is 23.0 Å². The molecule has 0 aliphatic carbocycles. The summed E-state index contributed by atoms with van der Waals surface area (Å²) in [4.78, 5) is 24.2. The number of carbonyl (C=O) groups excluding carboxylic acids is 1. The van der Waals surface area contributed by atoms with E-state index in [1.54, 1.807) is 6.07 Å². The highest BCUT2D eigenvalue weighted by atomic mass is 35.5. The third kappa shape index (κ3) is 1.59. The third-order valence-corrected chi connectivity index (χ3v) is 2.27. The van der Waals surface area contributed by atoms with Gasteiger partial charge in [0.05, 0.1) is 11.1 Å². The number of nitrogens with one attached hydrogen (secondary N) is 1. The first kappa shape index (κ1) is 9.73. The molecule has 2 N–H and O–H groups in total. The van der Waals surface area contributed by atoms with Crippen molar-refractivity contribution in [3.8, 4) is 5.75 Å². The number of hydrogen-bond acceptors (Lipinski definition) is 3. The van der Waals surface area contributed by atoms with Gasteiger partial charge in [0.1, 0.15) is 5.75 Å². The monoisotopic (exact) mass is 223 g/mol. The van der Waals surface area contributed by atoms with Gasteiger partial charge >= 0.3 is 0 Å². The first-order chi connectivity index (χ1) is 7.11. The lowest BCUT2D eigenvalue weighted by Crippen LogP contribution is -2.11. The number of carbonyl (C=O) groups is 1. The molecule has 1 aromatic carbocycles. The second-order valence-electron chi connectivity index (χ2n) is 3.06. The van der Waals surface area contributed by atoms with Crippen molar-refractivity contribution in [3.05, 3.63) is 39.1 Å². The largest absolute Gasteiger partial charge is 0.506 e. The second-order valence-corrected chi connectivity index (χ2v) is 3.50. The van der Waals surface area contributed by atoms with Crippen LogP contribution >= 0.6 is 11.6 Å². The van der Waals surface area contributed by atoms with Crippen molar-refractivity contribution in [3.63, 3.8) is 0 Å². The molecular weight excluding hydrogens is 218 g/mol. The van der Waals surface area contributed by atoms with Gasteiger partial charge in [-0.2, -0.15) is 0 Å². The molecule has 5 heteroatoms. The molecule has 15 heavy (non-hydrogen) atoms. The van der Waals surface area contributed by atoms with Gasteiger partial charge in [-0.3, -0.25) is 9.59 Å². The molecule has 0 aliphatic rings. The number of benzene rings is 1. The van der Waals surface area contributed by atoms with Gasteiger partial charge < -0.3 is 10.1 Å². The molecule has 0 fully saturated rings. The molecule has 0 spiro atoms. The van der Waals surface area contributed by atoms with E-state index >= 15 is 0 Å². The van der Waals surface area contributed by atoms with Crippen molar-refractivity contribution >= 4 is 28.8 Å². The van der Waals surface area contributed by atoms with E-state index in [4.69, 9.17) is 11.6 Å². The van der Waals surface area contributed by atoms with Gasteiger partial charge in [0.25, 0.3) is 5.56 Å². The highest BCUT2D eigenvalue weighted by molar-refractivity contribution is 6.31. The Morgan fingerprint density at radius 3 is 2.73 bits per heavy atom. The number of phenolic OH excluding ortho intramolecular Hbond substituents is 1. The van der Waals surface area contributed by atoms with Crippen LogP contribution < -0.4 is 5.56 Å². The van der Waals surface area contributed by atoms with Crippen molar-refractivity contribution in [2.24, 2.45) is 0 Å². The second kappa shape index (κ2) is 3.40. The zero-order valence-corrected chi connectivity index (χ0v) is 8.21. The average molecular weight is 224 g/mol. The molecule has 2 aromatic rings. The lowest BCUT2D eigenvalue weighted by atomic mass is 10.1. The summed E-state index contributed by atoms with van der Waals surface area (Å²) < 4.78 is 0. The lowest BCUT2D eigenvalue weighted by molar-refractivity contribution is 0.112. The Labute approximate surface area is 89.1 Å². The number of aromatic amines is 1. The van der Waals surface area contributed by atoms with E-state index in [2.05, 4.69) is 4.98 Å². The zero-order valence-electron chi connectivity index (χ0n) is 7.45. The molecule has 4 nitrogen and oxygen atoms in total. The highest BCUT2D eigenvalue weighted by Gasteiger charge is 2.06. The predicted octanol–water partition coefficient (Wildman–Crippen LogP) is 1.70. The van der Waals surface area contributed by atoms with Crippen LogP contribution in [-0.2, 0) is 0 Å². The Hall–Kier alpha value is -1.81. The van der Waals surface area contributed by atoms with E-state index in [9.17, 15) is 14.7 Å². The fourth-order valence-electron chi connectivity index (χ4n) is 1.37. The molecule has 1 heterocycles. The van der Waals surface area contributed by atoms with Gasteiger partial charge in [-0.15, -0.1) is 0 Å². The van der Waals surface area contributed by atoms with Crippen LogP contribution in [0.4, 0.5) is 0 Å². The number of halogens is 1. The third-order valence-electron chi connectivity index (χ3n) is 2.05. The number of aromatic nitrogens is 1. The smallest absolute Gasteiger partial charge is 0.259 e. The molecule has 76 valence electrons. The number of H-pyrrole nitrogens is 1. The lowest BCUT2D eigenvalue weighted by Gasteiger charge is -2.02. The van der Waals surface area contributed by atoms with E-state index in [0.29, 0.717) is 16.7 Å². The molecule has 0 saturated carbocycles. The summed E-state index contributed by atoms with van der Waals surface area (Å²) in [6.45, 7) is 0. The van der Waals surface area contributed by atoms with Crippen LogP contribution in [0.1, 0.15) is 10.4 Å². The van der Waals surface area contributed by atoms with Crippen molar-refractivity contribution in [1.29, 1.82) is 0 Å². The minimum Gasteiger partial charge on any atom is -0.506 e. The van der Waals surface area contributed by atoms with Gasteiger partial charge in [0.2, 0.25) is 0 Å². The molecule has 0 amide bonds. The highest BCUT2D eigenvalue weighted by Crippen LogP contribution is 2.26. The number of rotatable bonds is 1. The molecule has 0 aliphatic heterocycles. The number of fused-ring (bicyclic) bond motifs is 1. The van der Waals surface area contributed by atoms with Crippen LogP contribution in [0.25, 0.3) is 10.9 Å². The first-order valence-electron chi connectivity index (χ1n) is 4.12. The molecule has 0 bridgehead atoms. The molecule has 0 radical (unpaired) electrons. The SMILES string of the molecule is O=Cc1cc2cc(Cl)cc(O)c2[nH]c1=O. The van der Waals surface area contributed by atoms with Gasteiger partial charge in [0, 0.05) is 16.5 Å². The first-order valence-corrected chi connectivity index (χ1v) is 4.50. The van der Waals surface area contributed by atoms with E-state index in [1.807, 2.05) is 0 Å². The maximum atomic E-state index is 11.3. The van der Waals surface area contributed by atoms with Gasteiger partial charge in [-0.05, 0) is 12.1 Å². The van der Waals surface area contributed by atoms with Gasteiger partial charge in [-0.1, -0.05) is 11.6 Å². The Bertz CT molecular complexity index is 603. The zero-order chi connectivity index (χ0) is 11.0. The van der Waals surface area contributed by atoms with Gasteiger partial charge in [-0.25, -0.2) is 0 Å². The number of aldehydes is 1. The summed E-state index contributed by atoms with van der Waals surface area (Å²) in [5.41, 5.74) is -0.255. The number of aromatic hydroxyl groups is 1. The van der Waals surface area contributed by atoms with Gasteiger partial charge in [0.15, 0.2) is 6.29 Å². The normalized spacial score (nSPS) is 10.5. The maximum Gasteiger partial charge on any atom is 0.259 e. The Morgan fingerprint density at radius 2 is 2.07 bits per heavy atom. The fourth-order valence-corrected chi connectivity index (χ4v) is 1.59. The van der Waals surface area contributed by atoms with Crippen LogP contribution in [0.5, 0.6) is 5.75 Å². The minimum absolute atomic E-state index is 0.00386. The van der Waals surface area contributed by atoms with Crippen LogP contribution in [0.2, 0.25) is 5.02 Å². The van der Waals surface area contributed by atoms with E-state index in [-0.39, 0.29) is 16.8 Å². The summed E-state index contributed by atoms with van der Waals surface area (Å²) in [5, 5.41) is 10.3. The van der Waals surface area contributed by atoms with Crippen LogP contribution in [0.3, 0.4) is 0 Å². The fraction of sp³-hybridized carbons (Fsp3) is 0. The number of hydrogen-bond donors (Lipinski definition) is 2. The molecule has 0 saturated heterocycles. The van der Waals surface area contributed by atoms with Crippen LogP contribution in [0, 0.1) is 0 Å². The standard InChI is InChI=1S/C10H6ClNO3/c11-7-2-5-1-6(4-13)10(15)12-9(5)8(14)3-7/h1-4,14H,(H,12,15). The summed E-state index contributed by atoms with van der Waals surface area (Å²) >= 11 is 5.72. The Kier molecular flexibility index (Phi) is 2.21. The van der Waals surface area contributed by atoms with Crippen molar-refractivity contribution < 1.29 is 9.90 Å². The molecule has 0 unspecified atom stereocenters. The minimum atomic E-state index is -0.532. The maximum absolute atomic E-state index is 11.3. The Morgan fingerprint density at radius 1 is 1.33 bits per heavy atom. The summed E-state index contributed by atoms with van der Waals surface area (Å²) in [5.74, 6) is -0.118. The summed E-state index contributed by atoms with van der Waals surface area (Å²) in [6.07, 6.45) is 0.455. The molecule has 2 rings (SSSR count). The molecule has 0 atom stereocenters. The predicted molar refractivity (Wildman–Crippen MR) is 56.6 cm³/mol. The van der Waals surface area contributed by atoms with Crippen molar-refractivity contribution in [1.82, 2.24) is 4.98 Å². The molecule has 1 aromatic heterocycles. The quantitative estimate of drug-likeness (QED) is 0.723. The summed E-state index contributed by atoms with van der Waals surface area (Å²) in [7, 11) is 0. The number of phenols is 1. The van der Waals surface area contributed by atoms with E-state index in [0.717, 1.165) is 0 Å². The average Bonchev–Trinajstić information content (AvgIpc) is 2.18. The van der Waals surface area contributed by atoms with Crippen molar-refractivity contribution in [2.75, 3.05) is 0 Å². The van der Waals surface area contributed by atoms with Crippen molar-refractivity contribution in [2.45, 2.75) is 0 Å². The Balaban J connectivity index is 2.93. The van der Waals surface area contributed by atoms with E-state index < -0.39 is 5.56 Å². The molecular formula is C10H6ClNO3. The number of pyridine rings is 1. The topological polar surface area (TPSA) is 70.2 Å². The summed E-state index contributed by atoms with van der Waals surface area (Å²) in [6, 6.07) is 4.26. The van der Waals surface area contributed by atoms with Crippen LogP contribution in [-0.4, -0.2) is 16.4 Å².